The zero-order chi connectivity index (χ0) is 17.0. The lowest BCUT2D eigenvalue weighted by atomic mass is 10.2. The lowest BCUT2D eigenvalue weighted by molar-refractivity contribution is 0.203. The lowest BCUT2D eigenvalue weighted by Gasteiger charge is -2.10. The van der Waals surface area contributed by atoms with E-state index in [1.165, 1.54) is 0 Å². The molecule has 0 atom stereocenters. The fourth-order valence-corrected chi connectivity index (χ4v) is 3.40. The molecule has 6 nitrogen and oxygen atoms in total. The highest BCUT2D eigenvalue weighted by Gasteiger charge is 2.11. The van der Waals surface area contributed by atoms with E-state index in [4.69, 9.17) is 4.74 Å². The molecule has 8 heteroatoms. The predicted molar refractivity (Wildman–Crippen MR) is 110 cm³/mol. The third-order valence-electron chi connectivity index (χ3n) is 3.06. The van der Waals surface area contributed by atoms with E-state index in [0.29, 0.717) is 32.1 Å². The Morgan fingerprint density at radius 1 is 1.21 bits per heavy atom. The number of nitrogens with zero attached hydrogens (tertiary/aromatic N) is 1. The monoisotopic (exact) mass is 469 g/mol. The number of aliphatic imine (C=N–C) groups is 1. The van der Waals surface area contributed by atoms with Crippen LogP contribution in [0.15, 0.2) is 35.3 Å². The van der Waals surface area contributed by atoms with Gasteiger partial charge >= 0.3 is 0 Å². The first-order valence-corrected chi connectivity index (χ1v) is 9.65. The molecular formula is C16H28IN3O3S. The molecule has 2 N–H and O–H groups in total. The molecule has 0 fully saturated rings. The van der Waals surface area contributed by atoms with Crippen LogP contribution in [0.5, 0.6) is 0 Å². The van der Waals surface area contributed by atoms with E-state index in [-0.39, 0.29) is 35.5 Å². The van der Waals surface area contributed by atoms with Crippen LogP contribution >= 0.6 is 24.0 Å². The summed E-state index contributed by atoms with van der Waals surface area (Å²) in [5, 5.41) is 6.24. The highest BCUT2D eigenvalue weighted by molar-refractivity contribution is 14.0. The molecular weight excluding hydrogens is 441 g/mol. The second kappa shape index (κ2) is 13.4. The van der Waals surface area contributed by atoms with Gasteiger partial charge in [-0.2, -0.15) is 0 Å². The Balaban J connectivity index is 0.00000529. The summed E-state index contributed by atoms with van der Waals surface area (Å²) in [5.74, 6) is 0.914. The van der Waals surface area contributed by atoms with E-state index < -0.39 is 9.84 Å². The third kappa shape index (κ3) is 10.8. The summed E-state index contributed by atoms with van der Waals surface area (Å²) in [5.41, 5.74) is 0.825. The average molecular weight is 469 g/mol. The first-order valence-electron chi connectivity index (χ1n) is 7.83. The molecule has 1 aromatic rings. The van der Waals surface area contributed by atoms with Gasteiger partial charge in [-0.05, 0) is 18.9 Å². The Hall–Kier alpha value is -0.870. The normalized spacial score (nSPS) is 11.7. The van der Waals surface area contributed by atoms with E-state index in [1.807, 2.05) is 37.3 Å². The minimum absolute atomic E-state index is 0. The summed E-state index contributed by atoms with van der Waals surface area (Å²) in [6.07, 6.45) is 0.510. The van der Waals surface area contributed by atoms with Crippen LogP contribution in [0.1, 0.15) is 18.9 Å². The summed E-state index contributed by atoms with van der Waals surface area (Å²) in [6.45, 7) is 4.46. The van der Waals surface area contributed by atoms with Crippen LogP contribution < -0.4 is 10.6 Å². The SMILES string of the molecule is CCNC(=NCCCS(=O)(=O)Cc1ccccc1)NCCOC.I. The van der Waals surface area contributed by atoms with Crippen LogP contribution in [-0.2, 0) is 20.3 Å². The second-order valence-electron chi connectivity index (χ2n) is 5.11. The van der Waals surface area contributed by atoms with Crippen molar-refractivity contribution in [2.75, 3.05) is 39.1 Å². The van der Waals surface area contributed by atoms with Gasteiger partial charge in [-0.25, -0.2) is 8.42 Å². The van der Waals surface area contributed by atoms with Crippen molar-refractivity contribution >= 4 is 39.8 Å². The second-order valence-corrected chi connectivity index (χ2v) is 7.30. The maximum Gasteiger partial charge on any atom is 0.191 e. The maximum absolute atomic E-state index is 12.1. The van der Waals surface area contributed by atoms with E-state index in [0.717, 1.165) is 12.1 Å². The van der Waals surface area contributed by atoms with Crippen LogP contribution in [0.3, 0.4) is 0 Å². The molecule has 0 bridgehead atoms. The van der Waals surface area contributed by atoms with E-state index in [9.17, 15) is 8.42 Å². The van der Waals surface area contributed by atoms with Crippen LogP contribution in [0.25, 0.3) is 0 Å². The highest BCUT2D eigenvalue weighted by Crippen LogP contribution is 2.07. The van der Waals surface area contributed by atoms with Gasteiger partial charge in [0.05, 0.1) is 18.1 Å². The number of hydrogen-bond acceptors (Lipinski definition) is 4. The maximum atomic E-state index is 12.1. The molecule has 0 spiro atoms. The largest absolute Gasteiger partial charge is 0.383 e. The van der Waals surface area contributed by atoms with Gasteiger partial charge in [0.1, 0.15) is 0 Å². The highest BCUT2D eigenvalue weighted by atomic mass is 127. The van der Waals surface area contributed by atoms with Gasteiger partial charge in [-0.3, -0.25) is 4.99 Å². The summed E-state index contributed by atoms with van der Waals surface area (Å²) >= 11 is 0. The van der Waals surface area contributed by atoms with Gasteiger partial charge in [0.2, 0.25) is 0 Å². The van der Waals surface area contributed by atoms with Crippen molar-refractivity contribution in [2.45, 2.75) is 19.1 Å². The summed E-state index contributed by atoms with van der Waals surface area (Å²) in [4.78, 5) is 4.37. The summed E-state index contributed by atoms with van der Waals surface area (Å²) < 4.78 is 29.1. The molecule has 0 aliphatic carbocycles. The lowest BCUT2D eigenvalue weighted by Crippen LogP contribution is -2.39. The Kier molecular flexibility index (Phi) is 12.9. The quantitative estimate of drug-likeness (QED) is 0.237. The van der Waals surface area contributed by atoms with Gasteiger partial charge in [0.15, 0.2) is 15.8 Å². The first kappa shape index (κ1) is 23.1. The number of benzene rings is 1. The van der Waals surface area contributed by atoms with Crippen LogP contribution in [0, 0.1) is 0 Å². The minimum atomic E-state index is -3.10. The van der Waals surface area contributed by atoms with Crippen molar-refractivity contribution in [3.63, 3.8) is 0 Å². The van der Waals surface area contributed by atoms with Gasteiger partial charge in [-0.15, -0.1) is 24.0 Å². The molecule has 0 saturated carbocycles. The van der Waals surface area contributed by atoms with Crippen LogP contribution in [0.2, 0.25) is 0 Å². The Morgan fingerprint density at radius 2 is 1.92 bits per heavy atom. The zero-order valence-corrected chi connectivity index (χ0v) is 17.5. The molecule has 1 aromatic carbocycles. The summed E-state index contributed by atoms with van der Waals surface area (Å²) in [6, 6.07) is 9.24. The fraction of sp³-hybridized carbons (Fsp3) is 0.562. The van der Waals surface area contributed by atoms with Gasteiger partial charge in [-0.1, -0.05) is 30.3 Å². The molecule has 0 aliphatic heterocycles. The minimum Gasteiger partial charge on any atom is -0.383 e. The summed E-state index contributed by atoms with van der Waals surface area (Å²) in [7, 11) is -1.45. The van der Waals surface area contributed by atoms with Crippen molar-refractivity contribution in [3.8, 4) is 0 Å². The number of nitrogens with one attached hydrogen (secondary N) is 2. The van der Waals surface area contributed by atoms with E-state index in [2.05, 4.69) is 15.6 Å². The zero-order valence-electron chi connectivity index (χ0n) is 14.3. The molecule has 138 valence electrons. The molecule has 1 rings (SSSR count). The topological polar surface area (TPSA) is 79.8 Å². The molecule has 0 radical (unpaired) electrons. The van der Waals surface area contributed by atoms with E-state index >= 15 is 0 Å². The number of halogens is 1. The first-order chi connectivity index (χ1) is 11.1. The van der Waals surface area contributed by atoms with Gasteiger partial charge < -0.3 is 15.4 Å². The predicted octanol–water partition coefficient (Wildman–Crippen LogP) is 1.81. The molecule has 0 unspecified atom stereocenters. The van der Waals surface area contributed by atoms with Crippen molar-refractivity contribution in [1.82, 2.24) is 10.6 Å². The fourth-order valence-electron chi connectivity index (χ4n) is 1.99. The van der Waals surface area contributed by atoms with Gasteiger partial charge in [0, 0.05) is 26.7 Å². The molecule has 0 amide bonds. The molecule has 24 heavy (non-hydrogen) atoms. The van der Waals surface area contributed by atoms with Crippen molar-refractivity contribution < 1.29 is 13.2 Å². The Bertz CT molecular complexity index is 565. The van der Waals surface area contributed by atoms with Crippen LogP contribution in [0.4, 0.5) is 0 Å². The molecule has 0 saturated heterocycles. The van der Waals surface area contributed by atoms with Gasteiger partial charge in [0.25, 0.3) is 0 Å². The number of ether oxygens (including phenoxy) is 1. The standard InChI is InChI=1S/C16H27N3O3S.HI/c1-3-17-16(19-11-12-22-2)18-10-7-13-23(20,21)14-15-8-5-4-6-9-15;/h4-6,8-9H,3,7,10-14H2,1-2H3,(H2,17,18,19);1H. The van der Waals surface area contributed by atoms with Crippen molar-refractivity contribution in [1.29, 1.82) is 0 Å². The Morgan fingerprint density at radius 3 is 2.54 bits per heavy atom. The molecule has 0 heterocycles. The average Bonchev–Trinajstić information content (AvgIpc) is 2.52. The molecule has 0 aromatic heterocycles. The van der Waals surface area contributed by atoms with E-state index in [1.54, 1.807) is 7.11 Å². The number of methoxy groups -OCH3 is 1. The van der Waals surface area contributed by atoms with Crippen molar-refractivity contribution in [2.24, 2.45) is 4.99 Å². The number of rotatable bonds is 10. The number of guanidine groups is 1. The number of sulfone groups is 1. The third-order valence-corrected chi connectivity index (χ3v) is 4.74. The molecule has 0 aliphatic rings. The van der Waals surface area contributed by atoms with Crippen LogP contribution in [-0.4, -0.2) is 53.5 Å². The smallest absolute Gasteiger partial charge is 0.191 e. The number of hydrogen-bond donors (Lipinski definition) is 2. The Labute approximate surface area is 162 Å². The van der Waals surface area contributed by atoms with Crippen molar-refractivity contribution in [3.05, 3.63) is 35.9 Å².